The van der Waals surface area contributed by atoms with Gasteiger partial charge in [-0.3, -0.25) is 9.36 Å². The fraction of sp³-hybridized carbons (Fsp3) is 0.167. The summed E-state index contributed by atoms with van der Waals surface area (Å²) in [7, 11) is 0. The van der Waals surface area contributed by atoms with Crippen molar-refractivity contribution in [1.29, 1.82) is 0 Å². The number of rotatable bonds is 4. The van der Waals surface area contributed by atoms with Gasteiger partial charge in [0, 0.05) is 5.25 Å². The predicted molar refractivity (Wildman–Crippen MR) is 118 cm³/mol. The molecule has 0 fully saturated rings. The minimum absolute atomic E-state index is 0.0259. The standard InChI is InChI=1S/C24H22N2OS/c1-16-10-9-15-22(17(16)2)26-23(27)20-13-7-8-14-21(20)25-24(26)28-18(3)19-11-5-4-6-12-19/h4-15,18H,1-3H3. The highest BCUT2D eigenvalue weighted by atomic mass is 32.2. The van der Waals surface area contributed by atoms with E-state index in [4.69, 9.17) is 4.98 Å². The molecule has 0 saturated carbocycles. The lowest BCUT2D eigenvalue weighted by molar-refractivity contribution is 0.809. The van der Waals surface area contributed by atoms with E-state index in [1.165, 1.54) is 5.56 Å². The average Bonchev–Trinajstić information content (AvgIpc) is 2.71. The van der Waals surface area contributed by atoms with Gasteiger partial charge in [-0.05, 0) is 55.7 Å². The Morgan fingerprint density at radius 1 is 0.893 bits per heavy atom. The van der Waals surface area contributed by atoms with Crippen molar-refractivity contribution in [1.82, 2.24) is 9.55 Å². The van der Waals surface area contributed by atoms with Gasteiger partial charge in [0.1, 0.15) is 0 Å². The predicted octanol–water partition coefficient (Wildman–Crippen LogP) is 5.86. The zero-order valence-corrected chi connectivity index (χ0v) is 17.0. The molecule has 4 heteroatoms. The lowest BCUT2D eigenvalue weighted by Gasteiger charge is -2.18. The fourth-order valence-corrected chi connectivity index (χ4v) is 4.38. The topological polar surface area (TPSA) is 34.9 Å². The molecule has 4 rings (SSSR count). The Kier molecular flexibility index (Phi) is 5.05. The Morgan fingerprint density at radius 2 is 1.61 bits per heavy atom. The third-order valence-corrected chi connectivity index (χ3v) is 6.22. The number of aryl methyl sites for hydroxylation is 1. The third kappa shape index (κ3) is 3.36. The molecule has 0 amide bonds. The number of nitrogens with zero attached hydrogens (tertiary/aromatic N) is 2. The van der Waals surface area contributed by atoms with E-state index in [1.54, 1.807) is 16.3 Å². The highest BCUT2D eigenvalue weighted by Gasteiger charge is 2.18. The molecule has 0 aliphatic rings. The maximum Gasteiger partial charge on any atom is 0.266 e. The molecule has 0 radical (unpaired) electrons. The summed E-state index contributed by atoms with van der Waals surface area (Å²) in [5.74, 6) is 0. The van der Waals surface area contributed by atoms with E-state index in [1.807, 2.05) is 54.6 Å². The van der Waals surface area contributed by atoms with Crippen molar-refractivity contribution >= 4 is 22.7 Å². The maximum absolute atomic E-state index is 13.4. The summed E-state index contributed by atoms with van der Waals surface area (Å²) >= 11 is 1.61. The van der Waals surface area contributed by atoms with Crippen LogP contribution in [-0.4, -0.2) is 9.55 Å². The van der Waals surface area contributed by atoms with Crippen LogP contribution in [0.15, 0.2) is 82.7 Å². The largest absolute Gasteiger partial charge is 0.268 e. The summed E-state index contributed by atoms with van der Waals surface area (Å²) < 4.78 is 1.77. The average molecular weight is 387 g/mol. The van der Waals surface area contributed by atoms with Crippen molar-refractivity contribution in [3.05, 3.63) is 99.8 Å². The molecule has 1 atom stereocenters. The molecule has 0 N–H and O–H groups in total. The summed E-state index contributed by atoms with van der Waals surface area (Å²) in [6, 6.07) is 23.9. The molecule has 1 heterocycles. The molecule has 0 saturated heterocycles. The van der Waals surface area contributed by atoms with Crippen LogP contribution >= 0.6 is 11.8 Å². The number of hydrogen-bond donors (Lipinski definition) is 0. The van der Waals surface area contributed by atoms with Crippen molar-refractivity contribution in [2.24, 2.45) is 0 Å². The molecule has 4 aromatic rings. The van der Waals surface area contributed by atoms with Crippen LogP contribution in [-0.2, 0) is 0 Å². The van der Waals surface area contributed by atoms with Gasteiger partial charge in [0.25, 0.3) is 5.56 Å². The van der Waals surface area contributed by atoms with E-state index < -0.39 is 0 Å². The first kappa shape index (κ1) is 18.5. The Hall–Kier alpha value is -2.85. The first-order valence-corrected chi connectivity index (χ1v) is 10.2. The smallest absolute Gasteiger partial charge is 0.266 e. The fourth-order valence-electron chi connectivity index (χ4n) is 3.33. The quantitative estimate of drug-likeness (QED) is 0.326. The van der Waals surface area contributed by atoms with E-state index in [0.717, 1.165) is 22.3 Å². The lowest BCUT2D eigenvalue weighted by Crippen LogP contribution is -2.23. The molecule has 0 aliphatic carbocycles. The van der Waals surface area contributed by atoms with Crippen LogP contribution < -0.4 is 5.56 Å². The number of aromatic nitrogens is 2. The van der Waals surface area contributed by atoms with E-state index in [2.05, 4.69) is 39.0 Å². The van der Waals surface area contributed by atoms with Gasteiger partial charge in [-0.25, -0.2) is 4.98 Å². The SMILES string of the molecule is Cc1cccc(-n2c(SC(C)c3ccccc3)nc3ccccc3c2=O)c1C. The van der Waals surface area contributed by atoms with Crippen LogP contribution in [0.1, 0.15) is 28.9 Å². The zero-order valence-electron chi connectivity index (χ0n) is 16.2. The molecule has 0 spiro atoms. The van der Waals surface area contributed by atoms with Crippen molar-refractivity contribution < 1.29 is 0 Å². The van der Waals surface area contributed by atoms with E-state index >= 15 is 0 Å². The molecule has 1 unspecified atom stereocenters. The normalized spacial score (nSPS) is 12.2. The molecule has 28 heavy (non-hydrogen) atoms. The van der Waals surface area contributed by atoms with Crippen molar-refractivity contribution in [3.63, 3.8) is 0 Å². The second-order valence-corrected chi connectivity index (χ2v) is 8.25. The molecule has 0 bridgehead atoms. The van der Waals surface area contributed by atoms with Crippen LogP contribution in [0.2, 0.25) is 0 Å². The van der Waals surface area contributed by atoms with E-state index in [9.17, 15) is 4.79 Å². The Bertz CT molecular complexity index is 1200. The van der Waals surface area contributed by atoms with Gasteiger partial charge < -0.3 is 0 Å². The number of hydrogen-bond acceptors (Lipinski definition) is 3. The third-order valence-electron chi connectivity index (χ3n) is 5.11. The van der Waals surface area contributed by atoms with Crippen LogP contribution in [0, 0.1) is 13.8 Å². The first-order valence-electron chi connectivity index (χ1n) is 9.36. The molecule has 140 valence electrons. The van der Waals surface area contributed by atoms with Gasteiger partial charge in [-0.2, -0.15) is 0 Å². The number of fused-ring (bicyclic) bond motifs is 1. The minimum Gasteiger partial charge on any atom is -0.268 e. The molecule has 3 nitrogen and oxygen atoms in total. The van der Waals surface area contributed by atoms with Gasteiger partial charge in [-0.1, -0.05) is 66.4 Å². The maximum atomic E-state index is 13.4. The lowest BCUT2D eigenvalue weighted by atomic mass is 10.1. The number of para-hydroxylation sites is 1. The first-order chi connectivity index (χ1) is 13.6. The zero-order chi connectivity index (χ0) is 19.7. The summed E-state index contributed by atoms with van der Waals surface area (Å²) in [5.41, 5.74) is 5.06. The number of benzene rings is 3. The van der Waals surface area contributed by atoms with Crippen molar-refractivity contribution in [3.8, 4) is 5.69 Å². The number of thioether (sulfide) groups is 1. The van der Waals surface area contributed by atoms with Gasteiger partial charge in [0.2, 0.25) is 0 Å². The van der Waals surface area contributed by atoms with Crippen LogP contribution in [0.5, 0.6) is 0 Å². The Morgan fingerprint density at radius 3 is 2.39 bits per heavy atom. The monoisotopic (exact) mass is 386 g/mol. The molecule has 0 aliphatic heterocycles. The van der Waals surface area contributed by atoms with Gasteiger partial charge in [0.15, 0.2) is 5.16 Å². The van der Waals surface area contributed by atoms with Gasteiger partial charge in [0.05, 0.1) is 16.6 Å². The summed E-state index contributed by atoms with van der Waals surface area (Å²) in [4.78, 5) is 18.3. The van der Waals surface area contributed by atoms with Crippen molar-refractivity contribution in [2.75, 3.05) is 0 Å². The van der Waals surface area contributed by atoms with Crippen LogP contribution in [0.25, 0.3) is 16.6 Å². The molecular formula is C24H22N2OS. The minimum atomic E-state index is -0.0259. The molecular weight excluding hydrogens is 364 g/mol. The Labute approximate surface area is 169 Å². The molecule has 1 aromatic heterocycles. The van der Waals surface area contributed by atoms with Gasteiger partial charge in [-0.15, -0.1) is 0 Å². The summed E-state index contributed by atoms with van der Waals surface area (Å²) in [5, 5.41) is 1.53. The summed E-state index contributed by atoms with van der Waals surface area (Å²) in [6.45, 7) is 6.27. The van der Waals surface area contributed by atoms with Gasteiger partial charge >= 0.3 is 0 Å². The second kappa shape index (κ2) is 7.64. The summed E-state index contributed by atoms with van der Waals surface area (Å²) in [6.07, 6.45) is 0. The van der Waals surface area contributed by atoms with Crippen LogP contribution in [0.4, 0.5) is 0 Å². The Balaban J connectivity index is 1.94. The van der Waals surface area contributed by atoms with Crippen LogP contribution in [0.3, 0.4) is 0 Å². The highest BCUT2D eigenvalue weighted by molar-refractivity contribution is 7.99. The second-order valence-electron chi connectivity index (χ2n) is 6.94. The van der Waals surface area contributed by atoms with E-state index in [0.29, 0.717) is 10.5 Å². The highest BCUT2D eigenvalue weighted by Crippen LogP contribution is 2.35. The van der Waals surface area contributed by atoms with E-state index in [-0.39, 0.29) is 10.8 Å². The van der Waals surface area contributed by atoms with Crippen molar-refractivity contribution in [2.45, 2.75) is 31.2 Å². The molecule has 3 aromatic carbocycles.